The fourth-order valence-corrected chi connectivity index (χ4v) is 3.66. The number of likely N-dealkylation sites (tertiary alicyclic amines) is 1. The molecule has 1 aromatic heterocycles. The van der Waals surface area contributed by atoms with Crippen molar-refractivity contribution < 1.29 is 14.0 Å². The molecule has 1 N–H and O–H groups in total. The summed E-state index contributed by atoms with van der Waals surface area (Å²) < 4.78 is 15.1. The van der Waals surface area contributed by atoms with Crippen LogP contribution < -0.4 is 10.9 Å². The highest BCUT2D eigenvalue weighted by atomic mass is 19.1. The number of hydrogen-bond donors (Lipinski definition) is 1. The van der Waals surface area contributed by atoms with Crippen LogP contribution in [0, 0.1) is 5.82 Å². The summed E-state index contributed by atoms with van der Waals surface area (Å²) >= 11 is 0. The molecule has 0 saturated carbocycles. The van der Waals surface area contributed by atoms with Crippen LogP contribution in [0.5, 0.6) is 0 Å². The summed E-state index contributed by atoms with van der Waals surface area (Å²) in [6.07, 6.45) is 1.91. The van der Waals surface area contributed by atoms with Crippen LogP contribution >= 0.6 is 0 Å². The standard InChI is InChI=1S/C22H20FN3O3/c23-17-8-2-3-9-18(17)24-20(27)14-26-19-10-4-1-7-15(19)16(13-21(26)28)22(29)25-11-5-6-12-25/h1-4,7-10,13H,5-6,11-12,14H2,(H,24,27). The Labute approximate surface area is 166 Å². The Bertz CT molecular complexity index is 1150. The first-order chi connectivity index (χ1) is 14.0. The zero-order chi connectivity index (χ0) is 20.4. The molecule has 0 bridgehead atoms. The fourth-order valence-electron chi connectivity index (χ4n) is 3.66. The molecule has 6 nitrogen and oxygen atoms in total. The molecule has 0 atom stereocenters. The van der Waals surface area contributed by atoms with E-state index in [1.54, 1.807) is 35.2 Å². The second kappa shape index (κ2) is 7.87. The zero-order valence-corrected chi connectivity index (χ0v) is 15.7. The predicted octanol–water partition coefficient (Wildman–Crippen LogP) is 3.02. The van der Waals surface area contributed by atoms with E-state index in [1.165, 1.54) is 28.8 Å². The summed E-state index contributed by atoms with van der Waals surface area (Å²) in [4.78, 5) is 39.8. The molecule has 0 spiro atoms. The average Bonchev–Trinajstić information content (AvgIpc) is 3.26. The van der Waals surface area contributed by atoms with Gasteiger partial charge in [0.2, 0.25) is 5.91 Å². The maximum atomic E-state index is 13.8. The minimum absolute atomic E-state index is 0.0516. The molecule has 2 aromatic carbocycles. The van der Waals surface area contributed by atoms with Crippen molar-refractivity contribution in [3.05, 3.63) is 76.3 Å². The number of para-hydroxylation sites is 2. The molecule has 1 aliphatic rings. The highest BCUT2D eigenvalue weighted by Gasteiger charge is 2.23. The normalized spacial score (nSPS) is 13.6. The van der Waals surface area contributed by atoms with E-state index in [9.17, 15) is 18.8 Å². The van der Waals surface area contributed by atoms with Gasteiger partial charge in [-0.1, -0.05) is 30.3 Å². The molecule has 2 amide bonds. The molecule has 1 fully saturated rings. The van der Waals surface area contributed by atoms with E-state index in [2.05, 4.69) is 5.32 Å². The van der Waals surface area contributed by atoms with Gasteiger partial charge in [-0.05, 0) is 31.0 Å². The summed E-state index contributed by atoms with van der Waals surface area (Å²) in [6, 6.07) is 14.1. The number of carbonyl (C=O) groups excluding carboxylic acids is 2. The average molecular weight is 393 g/mol. The molecule has 2 heterocycles. The molecule has 0 aliphatic carbocycles. The van der Waals surface area contributed by atoms with Gasteiger partial charge in [-0.3, -0.25) is 19.0 Å². The van der Waals surface area contributed by atoms with Gasteiger partial charge in [0.1, 0.15) is 12.4 Å². The van der Waals surface area contributed by atoms with Crippen LogP contribution in [-0.4, -0.2) is 34.4 Å². The van der Waals surface area contributed by atoms with Gasteiger partial charge in [-0.15, -0.1) is 0 Å². The molecule has 1 aliphatic heterocycles. The van der Waals surface area contributed by atoms with Crippen molar-refractivity contribution in [1.29, 1.82) is 0 Å². The summed E-state index contributed by atoms with van der Waals surface area (Å²) in [5.74, 6) is -1.25. The third-order valence-electron chi connectivity index (χ3n) is 5.09. The summed E-state index contributed by atoms with van der Waals surface area (Å²) in [5, 5.41) is 3.10. The molecule has 29 heavy (non-hydrogen) atoms. The first-order valence-electron chi connectivity index (χ1n) is 9.51. The van der Waals surface area contributed by atoms with Gasteiger partial charge in [0.05, 0.1) is 16.8 Å². The van der Waals surface area contributed by atoms with Crippen molar-refractivity contribution in [1.82, 2.24) is 9.47 Å². The van der Waals surface area contributed by atoms with Gasteiger partial charge >= 0.3 is 0 Å². The van der Waals surface area contributed by atoms with Crippen molar-refractivity contribution in [2.24, 2.45) is 0 Å². The third-order valence-corrected chi connectivity index (χ3v) is 5.09. The summed E-state index contributed by atoms with van der Waals surface area (Å²) in [5.41, 5.74) is 0.440. The summed E-state index contributed by atoms with van der Waals surface area (Å²) in [7, 11) is 0. The number of nitrogens with zero attached hydrogens (tertiary/aromatic N) is 2. The van der Waals surface area contributed by atoms with Gasteiger partial charge in [0, 0.05) is 24.5 Å². The number of anilines is 1. The van der Waals surface area contributed by atoms with Crippen molar-refractivity contribution in [3.63, 3.8) is 0 Å². The second-order valence-electron chi connectivity index (χ2n) is 7.03. The molecule has 3 aromatic rings. The first-order valence-corrected chi connectivity index (χ1v) is 9.51. The molecule has 1 saturated heterocycles. The SMILES string of the molecule is O=C(Cn1c(=O)cc(C(=O)N2CCCC2)c2ccccc21)Nc1ccccc1F. The van der Waals surface area contributed by atoms with Crippen molar-refractivity contribution in [2.45, 2.75) is 19.4 Å². The second-order valence-corrected chi connectivity index (χ2v) is 7.03. The Morgan fingerprint density at radius 3 is 2.45 bits per heavy atom. The highest BCUT2D eigenvalue weighted by molar-refractivity contribution is 6.06. The lowest BCUT2D eigenvalue weighted by molar-refractivity contribution is -0.116. The van der Waals surface area contributed by atoms with Crippen molar-refractivity contribution >= 4 is 28.4 Å². The van der Waals surface area contributed by atoms with Gasteiger partial charge in [0.15, 0.2) is 0 Å². The number of nitrogens with one attached hydrogen (secondary N) is 1. The maximum Gasteiger partial charge on any atom is 0.254 e. The number of halogens is 1. The number of benzene rings is 2. The number of pyridine rings is 1. The number of rotatable bonds is 4. The monoisotopic (exact) mass is 393 g/mol. The van der Waals surface area contributed by atoms with E-state index in [0.717, 1.165) is 12.8 Å². The molecular weight excluding hydrogens is 373 g/mol. The van der Waals surface area contributed by atoms with E-state index in [-0.39, 0.29) is 18.1 Å². The quantitative estimate of drug-likeness (QED) is 0.741. The van der Waals surface area contributed by atoms with Gasteiger partial charge in [0.25, 0.3) is 11.5 Å². The largest absolute Gasteiger partial charge is 0.339 e. The lowest BCUT2D eigenvalue weighted by Crippen LogP contribution is -2.32. The van der Waals surface area contributed by atoms with Crippen LogP contribution in [0.4, 0.5) is 10.1 Å². The summed E-state index contributed by atoms with van der Waals surface area (Å²) in [6.45, 7) is 1.08. The van der Waals surface area contributed by atoms with Crippen molar-refractivity contribution in [3.8, 4) is 0 Å². The van der Waals surface area contributed by atoms with E-state index in [4.69, 9.17) is 0 Å². The van der Waals surface area contributed by atoms with Crippen LogP contribution in [0.3, 0.4) is 0 Å². The molecule has 0 unspecified atom stereocenters. The Hall–Kier alpha value is -3.48. The molecule has 7 heteroatoms. The van der Waals surface area contributed by atoms with Crippen LogP contribution in [0.25, 0.3) is 10.9 Å². The lowest BCUT2D eigenvalue weighted by Gasteiger charge is -2.18. The van der Waals surface area contributed by atoms with E-state index in [1.807, 2.05) is 0 Å². The Morgan fingerprint density at radius 2 is 1.69 bits per heavy atom. The van der Waals surface area contributed by atoms with Crippen LogP contribution in [0.2, 0.25) is 0 Å². The minimum atomic E-state index is -0.551. The van der Waals surface area contributed by atoms with Gasteiger partial charge < -0.3 is 10.2 Å². The fraction of sp³-hybridized carbons (Fsp3) is 0.227. The Balaban J connectivity index is 1.68. The minimum Gasteiger partial charge on any atom is -0.339 e. The smallest absolute Gasteiger partial charge is 0.254 e. The number of aromatic nitrogens is 1. The van der Waals surface area contributed by atoms with Gasteiger partial charge in [-0.2, -0.15) is 0 Å². The number of fused-ring (bicyclic) bond motifs is 1. The topological polar surface area (TPSA) is 71.4 Å². The maximum absolute atomic E-state index is 13.8. The Kier molecular flexibility index (Phi) is 5.12. The van der Waals surface area contributed by atoms with Crippen LogP contribution in [0.1, 0.15) is 23.2 Å². The van der Waals surface area contributed by atoms with Crippen LogP contribution in [-0.2, 0) is 11.3 Å². The molecule has 4 rings (SSSR count). The van der Waals surface area contributed by atoms with E-state index >= 15 is 0 Å². The molecule has 0 radical (unpaired) electrons. The third kappa shape index (κ3) is 3.76. The van der Waals surface area contributed by atoms with E-state index in [0.29, 0.717) is 29.6 Å². The van der Waals surface area contributed by atoms with Crippen molar-refractivity contribution in [2.75, 3.05) is 18.4 Å². The predicted molar refractivity (Wildman–Crippen MR) is 108 cm³/mol. The number of hydrogen-bond acceptors (Lipinski definition) is 3. The highest BCUT2D eigenvalue weighted by Crippen LogP contribution is 2.21. The zero-order valence-electron chi connectivity index (χ0n) is 15.7. The number of carbonyl (C=O) groups is 2. The van der Waals surface area contributed by atoms with Crippen LogP contribution in [0.15, 0.2) is 59.4 Å². The van der Waals surface area contributed by atoms with E-state index < -0.39 is 17.3 Å². The van der Waals surface area contributed by atoms with Gasteiger partial charge in [-0.25, -0.2) is 4.39 Å². The Morgan fingerprint density at radius 1 is 1.00 bits per heavy atom. The number of amides is 2. The first kappa shape index (κ1) is 18.9. The lowest BCUT2D eigenvalue weighted by atomic mass is 10.1. The molecule has 148 valence electrons. The molecular formula is C22H20FN3O3.